The molecule has 156 valence electrons. The third kappa shape index (κ3) is 3.79. The molecule has 1 fully saturated rings. The van der Waals surface area contributed by atoms with Gasteiger partial charge in [0.15, 0.2) is 0 Å². The number of non-ortho nitro benzene ring substituents is 1. The number of methoxy groups -OCH3 is 1. The third-order valence-corrected chi connectivity index (χ3v) is 4.94. The smallest absolute Gasteiger partial charge is 0.295 e. The van der Waals surface area contributed by atoms with Crippen molar-refractivity contribution in [1.82, 2.24) is 4.90 Å². The van der Waals surface area contributed by atoms with Gasteiger partial charge in [-0.3, -0.25) is 19.7 Å². The number of ketones is 1. The first-order valence-corrected chi connectivity index (χ1v) is 9.04. The molecule has 1 atom stereocenters. The Labute approximate surface area is 171 Å². The number of nitro benzene ring substituents is 1. The number of halogens is 1. The van der Waals surface area contributed by atoms with E-state index >= 15 is 0 Å². The number of Topliss-reactive ketones (excluding diaryl/α,β-unsaturated/α-hetero) is 1. The van der Waals surface area contributed by atoms with Gasteiger partial charge < -0.3 is 14.7 Å². The lowest BCUT2D eigenvalue weighted by Gasteiger charge is -2.25. The van der Waals surface area contributed by atoms with Gasteiger partial charge in [-0.25, -0.2) is 4.39 Å². The molecule has 1 amide bonds. The molecule has 0 saturated carbocycles. The standard InChI is InChI=1S/C21H19FN2O6/c1-12-3-4-14(11-16(12)22)19(25)17-18(13-5-7-15(8-6-13)24(28)29)23(9-10-30-2)21(27)20(17)26/h3-8,11,18,25H,9-10H2,1-2H3/t18-/m0/s1. The maximum Gasteiger partial charge on any atom is 0.295 e. The summed E-state index contributed by atoms with van der Waals surface area (Å²) in [6.45, 7) is 1.75. The van der Waals surface area contributed by atoms with Crippen molar-refractivity contribution in [2.24, 2.45) is 0 Å². The Kier molecular flexibility index (Phi) is 5.93. The molecule has 0 aliphatic carbocycles. The van der Waals surface area contributed by atoms with Crippen LogP contribution in [-0.2, 0) is 14.3 Å². The van der Waals surface area contributed by atoms with Gasteiger partial charge in [-0.2, -0.15) is 0 Å². The van der Waals surface area contributed by atoms with Gasteiger partial charge in [-0.15, -0.1) is 0 Å². The first-order chi connectivity index (χ1) is 14.3. The molecular weight excluding hydrogens is 395 g/mol. The number of nitrogens with zero attached hydrogens (tertiary/aromatic N) is 2. The van der Waals surface area contributed by atoms with Crippen LogP contribution in [0.5, 0.6) is 0 Å². The van der Waals surface area contributed by atoms with Crippen molar-refractivity contribution >= 4 is 23.1 Å². The van der Waals surface area contributed by atoms with E-state index in [1.807, 2.05) is 0 Å². The number of carbonyl (C=O) groups excluding carboxylic acids is 2. The summed E-state index contributed by atoms with van der Waals surface area (Å²) in [7, 11) is 1.44. The van der Waals surface area contributed by atoms with Crippen molar-refractivity contribution < 1.29 is 28.7 Å². The fraction of sp³-hybridized carbons (Fsp3) is 0.238. The number of aliphatic hydroxyl groups excluding tert-OH is 1. The molecule has 1 heterocycles. The highest BCUT2D eigenvalue weighted by Crippen LogP contribution is 2.39. The number of likely N-dealkylation sites (tertiary alicyclic amines) is 1. The Balaban J connectivity index is 2.16. The fourth-order valence-electron chi connectivity index (χ4n) is 3.32. The average Bonchev–Trinajstić information content (AvgIpc) is 2.98. The normalized spacial score (nSPS) is 18.1. The van der Waals surface area contributed by atoms with Gasteiger partial charge in [0.05, 0.1) is 23.1 Å². The minimum atomic E-state index is -0.995. The zero-order valence-corrected chi connectivity index (χ0v) is 16.3. The van der Waals surface area contributed by atoms with Crippen molar-refractivity contribution in [2.45, 2.75) is 13.0 Å². The maximum absolute atomic E-state index is 14.0. The zero-order valence-electron chi connectivity index (χ0n) is 16.3. The summed E-state index contributed by atoms with van der Waals surface area (Å²) in [6, 6.07) is 8.31. The molecule has 0 bridgehead atoms. The number of aryl methyl sites for hydroxylation is 1. The zero-order chi connectivity index (χ0) is 22.0. The van der Waals surface area contributed by atoms with Crippen LogP contribution in [0.25, 0.3) is 5.76 Å². The van der Waals surface area contributed by atoms with Gasteiger partial charge in [-0.05, 0) is 36.2 Å². The van der Waals surface area contributed by atoms with Crippen LogP contribution in [0.2, 0.25) is 0 Å². The van der Waals surface area contributed by atoms with E-state index in [1.54, 1.807) is 6.92 Å². The molecule has 1 N–H and O–H groups in total. The van der Waals surface area contributed by atoms with Crippen LogP contribution in [0.15, 0.2) is 48.0 Å². The number of amides is 1. The molecule has 8 nitrogen and oxygen atoms in total. The van der Waals surface area contributed by atoms with E-state index in [2.05, 4.69) is 0 Å². The number of carbonyl (C=O) groups is 2. The van der Waals surface area contributed by atoms with E-state index in [-0.39, 0.29) is 30.0 Å². The van der Waals surface area contributed by atoms with Crippen LogP contribution in [0.1, 0.15) is 22.7 Å². The van der Waals surface area contributed by atoms with Crippen molar-refractivity contribution in [1.29, 1.82) is 0 Å². The quantitative estimate of drug-likeness (QED) is 0.256. The number of hydrogen-bond donors (Lipinski definition) is 1. The third-order valence-electron chi connectivity index (χ3n) is 4.94. The molecule has 0 aromatic heterocycles. The van der Waals surface area contributed by atoms with E-state index in [0.717, 1.165) is 6.07 Å². The Bertz CT molecular complexity index is 1050. The number of nitro groups is 1. The van der Waals surface area contributed by atoms with E-state index < -0.39 is 34.2 Å². The van der Waals surface area contributed by atoms with Crippen LogP contribution < -0.4 is 0 Å². The fourth-order valence-corrected chi connectivity index (χ4v) is 3.32. The number of rotatable bonds is 6. The second kappa shape index (κ2) is 8.42. The molecule has 9 heteroatoms. The van der Waals surface area contributed by atoms with Crippen molar-refractivity contribution in [2.75, 3.05) is 20.3 Å². The molecule has 2 aromatic carbocycles. The second-order valence-electron chi connectivity index (χ2n) is 6.80. The number of ether oxygens (including phenoxy) is 1. The Morgan fingerprint density at radius 2 is 1.90 bits per heavy atom. The van der Waals surface area contributed by atoms with Gasteiger partial charge in [0.25, 0.3) is 17.4 Å². The predicted molar refractivity (Wildman–Crippen MR) is 105 cm³/mol. The Morgan fingerprint density at radius 3 is 2.47 bits per heavy atom. The van der Waals surface area contributed by atoms with Gasteiger partial charge in [0.1, 0.15) is 11.6 Å². The molecule has 30 heavy (non-hydrogen) atoms. The Morgan fingerprint density at radius 1 is 1.23 bits per heavy atom. The van der Waals surface area contributed by atoms with Crippen LogP contribution in [0.3, 0.4) is 0 Å². The molecular formula is C21H19FN2O6. The summed E-state index contributed by atoms with van der Waals surface area (Å²) in [5.74, 6) is -2.85. The van der Waals surface area contributed by atoms with Crippen molar-refractivity contribution in [3.8, 4) is 0 Å². The lowest BCUT2D eigenvalue weighted by atomic mass is 9.95. The van der Waals surface area contributed by atoms with Gasteiger partial charge in [0.2, 0.25) is 0 Å². The summed E-state index contributed by atoms with van der Waals surface area (Å²) in [5, 5.41) is 21.8. The first kappa shape index (κ1) is 21.1. The average molecular weight is 414 g/mol. The van der Waals surface area contributed by atoms with Crippen LogP contribution in [0.4, 0.5) is 10.1 Å². The maximum atomic E-state index is 14.0. The minimum Gasteiger partial charge on any atom is -0.507 e. The van der Waals surface area contributed by atoms with E-state index in [1.165, 1.54) is 48.4 Å². The summed E-state index contributed by atoms with van der Waals surface area (Å²) < 4.78 is 19.0. The Hall–Kier alpha value is -3.59. The molecule has 0 unspecified atom stereocenters. The first-order valence-electron chi connectivity index (χ1n) is 9.04. The van der Waals surface area contributed by atoms with Gasteiger partial charge >= 0.3 is 0 Å². The molecule has 0 radical (unpaired) electrons. The minimum absolute atomic E-state index is 0.0507. The lowest BCUT2D eigenvalue weighted by Crippen LogP contribution is -2.32. The number of benzene rings is 2. The molecule has 1 aliphatic rings. The van der Waals surface area contributed by atoms with Crippen molar-refractivity contribution in [3.63, 3.8) is 0 Å². The number of hydrogen-bond acceptors (Lipinski definition) is 6. The summed E-state index contributed by atoms with van der Waals surface area (Å²) in [6.07, 6.45) is 0. The van der Waals surface area contributed by atoms with Crippen molar-refractivity contribution in [3.05, 3.63) is 80.7 Å². The highest BCUT2D eigenvalue weighted by atomic mass is 19.1. The van der Waals surface area contributed by atoms with E-state index in [0.29, 0.717) is 11.1 Å². The van der Waals surface area contributed by atoms with Crippen LogP contribution >= 0.6 is 0 Å². The van der Waals surface area contributed by atoms with Crippen LogP contribution in [-0.4, -0.2) is 46.9 Å². The van der Waals surface area contributed by atoms with Gasteiger partial charge in [-0.1, -0.05) is 12.1 Å². The highest BCUT2D eigenvalue weighted by Gasteiger charge is 2.46. The summed E-state index contributed by atoms with van der Waals surface area (Å²) in [5.41, 5.74) is 0.431. The van der Waals surface area contributed by atoms with Crippen LogP contribution in [0, 0.1) is 22.9 Å². The number of aliphatic hydroxyl groups is 1. The highest BCUT2D eigenvalue weighted by molar-refractivity contribution is 6.46. The topological polar surface area (TPSA) is 110 Å². The molecule has 1 saturated heterocycles. The SMILES string of the molecule is COCCN1C(=O)C(=O)C(=C(O)c2ccc(C)c(F)c2)[C@@H]1c1ccc([N+](=O)[O-])cc1. The summed E-state index contributed by atoms with van der Waals surface area (Å²) in [4.78, 5) is 37.0. The lowest BCUT2D eigenvalue weighted by molar-refractivity contribution is -0.384. The molecule has 2 aromatic rings. The molecule has 1 aliphatic heterocycles. The predicted octanol–water partition coefficient (Wildman–Crippen LogP) is 3.11. The molecule has 3 rings (SSSR count). The second-order valence-corrected chi connectivity index (χ2v) is 6.80. The summed E-state index contributed by atoms with van der Waals surface area (Å²) >= 11 is 0. The van der Waals surface area contributed by atoms with E-state index in [4.69, 9.17) is 4.74 Å². The van der Waals surface area contributed by atoms with Gasteiger partial charge in [0, 0.05) is 31.4 Å². The monoisotopic (exact) mass is 414 g/mol. The van der Waals surface area contributed by atoms with E-state index in [9.17, 15) is 29.2 Å². The largest absolute Gasteiger partial charge is 0.507 e. The molecule has 0 spiro atoms.